The van der Waals surface area contributed by atoms with Crippen molar-refractivity contribution in [3.63, 3.8) is 0 Å². The Kier molecular flexibility index (Phi) is 10.6. The number of hydrogen-bond acceptors (Lipinski definition) is 14. The predicted molar refractivity (Wildman–Crippen MR) is 128 cm³/mol. The summed E-state index contributed by atoms with van der Waals surface area (Å²) in [6.45, 7) is -1.06. The molecule has 4 amide bonds. The SMILES string of the molecule is NC(=O)c1ncn([C@@H]2O[C@H](CO)[C@@H](O)[C@H]2O)c1C(N)=O.NC(=O)c1ncn([C@@H]2O[C@H](CO)[C@@H](O)[C@H]2O)c1C(N)=O.O. The van der Waals surface area contributed by atoms with Crippen molar-refractivity contribution >= 4 is 23.6 Å². The smallest absolute Gasteiger partial charge is 0.269 e. The third-order valence-corrected chi connectivity index (χ3v) is 6.10. The number of amides is 4. The van der Waals surface area contributed by atoms with Crippen LogP contribution >= 0.6 is 0 Å². The third kappa shape index (κ3) is 6.17. The first kappa shape index (κ1) is 33.1. The van der Waals surface area contributed by atoms with Gasteiger partial charge >= 0.3 is 0 Å². The van der Waals surface area contributed by atoms with Crippen LogP contribution in [0.15, 0.2) is 12.7 Å². The van der Waals surface area contributed by atoms with Gasteiger partial charge < -0.3 is 68.5 Å². The molecule has 2 fully saturated rings. The largest absolute Gasteiger partial charge is 0.412 e. The summed E-state index contributed by atoms with van der Waals surface area (Å²) in [5, 5.41) is 57.1. The van der Waals surface area contributed by atoms with Gasteiger partial charge in [-0.05, 0) is 0 Å². The minimum Gasteiger partial charge on any atom is -0.412 e. The summed E-state index contributed by atoms with van der Waals surface area (Å²) in [6.07, 6.45) is -7.99. The first-order chi connectivity index (χ1) is 18.8. The molecule has 0 unspecified atom stereocenters. The van der Waals surface area contributed by atoms with Gasteiger partial charge in [0, 0.05) is 0 Å². The summed E-state index contributed by atoms with van der Waals surface area (Å²) in [5.74, 6) is -3.92. The van der Waals surface area contributed by atoms with Gasteiger partial charge in [-0.15, -0.1) is 0 Å². The first-order valence-corrected chi connectivity index (χ1v) is 11.3. The number of aliphatic hydroxyl groups is 6. The molecule has 0 saturated carbocycles. The van der Waals surface area contributed by atoms with Crippen molar-refractivity contribution < 1.29 is 64.8 Å². The van der Waals surface area contributed by atoms with Crippen LogP contribution in [0.1, 0.15) is 54.4 Å². The van der Waals surface area contributed by atoms with Gasteiger partial charge in [-0.2, -0.15) is 0 Å². The van der Waals surface area contributed by atoms with Crippen LogP contribution in [0, 0.1) is 0 Å². The number of primary amides is 4. The zero-order valence-corrected chi connectivity index (χ0v) is 20.9. The van der Waals surface area contributed by atoms with Crippen LogP contribution in [0.2, 0.25) is 0 Å². The zero-order chi connectivity index (χ0) is 30.0. The Balaban J connectivity index is 0.000000280. The minimum absolute atomic E-state index is 0. The standard InChI is InChI=1S/2C10H14N4O6.H2O/c2*11-8(18)4-5(9(12)19)14(2-13-4)10-7(17)6(16)3(1-15)20-10;/h2*2-3,6-7,10,15-17H,1H2,(H2,11,18)(H2,12,19);1H2/t2*3-,6-,7-,10-;/m11./s1. The number of aromatic nitrogens is 4. The molecule has 2 aliphatic heterocycles. The maximum atomic E-state index is 11.4. The van der Waals surface area contributed by atoms with Gasteiger partial charge in [0.2, 0.25) is 0 Å². The lowest BCUT2D eigenvalue weighted by Crippen LogP contribution is -2.34. The van der Waals surface area contributed by atoms with Crippen LogP contribution in [0.25, 0.3) is 0 Å². The molecule has 41 heavy (non-hydrogen) atoms. The number of nitrogens with two attached hydrogens (primary N) is 4. The van der Waals surface area contributed by atoms with E-state index in [4.69, 9.17) is 42.6 Å². The number of carbonyl (C=O) groups excluding carboxylic acids is 4. The van der Waals surface area contributed by atoms with Crippen LogP contribution < -0.4 is 22.9 Å². The molecule has 4 rings (SSSR count). The molecular weight excluding hydrogens is 560 g/mol. The van der Waals surface area contributed by atoms with E-state index in [0.29, 0.717) is 0 Å². The molecule has 4 heterocycles. The van der Waals surface area contributed by atoms with E-state index in [2.05, 4.69) is 9.97 Å². The van der Waals surface area contributed by atoms with Crippen LogP contribution in [-0.4, -0.2) is 129 Å². The lowest BCUT2D eigenvalue weighted by Gasteiger charge is -2.17. The van der Waals surface area contributed by atoms with Crippen LogP contribution in [-0.2, 0) is 9.47 Å². The zero-order valence-electron chi connectivity index (χ0n) is 20.9. The lowest BCUT2D eigenvalue weighted by atomic mass is 10.1. The molecule has 2 aromatic rings. The molecule has 21 heteroatoms. The number of imidazole rings is 2. The third-order valence-electron chi connectivity index (χ3n) is 6.10. The van der Waals surface area contributed by atoms with Crippen molar-refractivity contribution in [3.05, 3.63) is 35.4 Å². The van der Waals surface area contributed by atoms with Gasteiger partial charge in [0.25, 0.3) is 23.6 Å². The highest BCUT2D eigenvalue weighted by Gasteiger charge is 2.46. The second kappa shape index (κ2) is 13.1. The lowest BCUT2D eigenvalue weighted by molar-refractivity contribution is -0.0534. The van der Waals surface area contributed by atoms with Crippen molar-refractivity contribution in [3.8, 4) is 0 Å². The summed E-state index contributed by atoms with van der Waals surface area (Å²) in [4.78, 5) is 52.4. The molecule has 0 aliphatic carbocycles. The maximum Gasteiger partial charge on any atom is 0.269 e. The predicted octanol–water partition coefficient (Wildman–Crippen LogP) is -7.44. The van der Waals surface area contributed by atoms with Gasteiger partial charge in [-0.3, -0.25) is 28.3 Å². The summed E-state index contributed by atoms with van der Waals surface area (Å²) in [5.41, 5.74) is 19.0. The van der Waals surface area contributed by atoms with Crippen LogP contribution in [0.5, 0.6) is 0 Å². The molecule has 2 saturated heterocycles. The average molecular weight is 591 g/mol. The summed E-state index contributed by atoms with van der Waals surface area (Å²) >= 11 is 0. The molecule has 21 nitrogen and oxygen atoms in total. The van der Waals surface area contributed by atoms with E-state index in [1.165, 1.54) is 0 Å². The number of nitrogens with zero attached hydrogens (tertiary/aromatic N) is 4. The topological polar surface area (TPSA) is 379 Å². The van der Waals surface area contributed by atoms with E-state index in [-0.39, 0.29) is 28.3 Å². The fourth-order valence-corrected chi connectivity index (χ4v) is 4.18. The van der Waals surface area contributed by atoms with Crippen molar-refractivity contribution in [2.24, 2.45) is 22.9 Å². The molecule has 228 valence electrons. The monoisotopic (exact) mass is 590 g/mol. The van der Waals surface area contributed by atoms with Gasteiger partial charge in [0.05, 0.1) is 25.9 Å². The molecule has 0 aromatic carbocycles. The van der Waals surface area contributed by atoms with Gasteiger partial charge in [-0.25, -0.2) is 9.97 Å². The molecule has 0 bridgehead atoms. The molecule has 16 N–H and O–H groups in total. The van der Waals surface area contributed by atoms with Gasteiger partial charge in [-0.1, -0.05) is 0 Å². The Labute approximate surface area is 228 Å². The van der Waals surface area contributed by atoms with E-state index in [0.717, 1.165) is 21.8 Å². The Bertz CT molecular complexity index is 1190. The number of aliphatic hydroxyl groups excluding tert-OH is 6. The first-order valence-electron chi connectivity index (χ1n) is 11.3. The van der Waals surface area contributed by atoms with Crippen molar-refractivity contribution in [2.45, 2.75) is 49.1 Å². The van der Waals surface area contributed by atoms with Crippen molar-refractivity contribution in [1.29, 1.82) is 0 Å². The Hall–Kier alpha value is -4.06. The van der Waals surface area contributed by atoms with Gasteiger partial charge in [0.1, 0.15) is 48.0 Å². The van der Waals surface area contributed by atoms with E-state index in [1.54, 1.807) is 0 Å². The normalized spacial score (nSPS) is 28.8. The second-order valence-corrected chi connectivity index (χ2v) is 8.61. The molecular formula is C20H30N8O13. The Morgan fingerprint density at radius 2 is 0.976 bits per heavy atom. The molecule has 0 spiro atoms. The van der Waals surface area contributed by atoms with Crippen LogP contribution in [0.4, 0.5) is 0 Å². The second-order valence-electron chi connectivity index (χ2n) is 8.61. The number of rotatable bonds is 8. The Morgan fingerprint density at radius 3 is 1.20 bits per heavy atom. The summed E-state index contributed by atoms with van der Waals surface area (Å²) in [6, 6.07) is 0. The van der Waals surface area contributed by atoms with E-state index >= 15 is 0 Å². The average Bonchev–Trinajstić information content (AvgIpc) is 3.65. The van der Waals surface area contributed by atoms with E-state index in [1.807, 2.05) is 0 Å². The highest BCUT2D eigenvalue weighted by molar-refractivity contribution is 6.04. The van der Waals surface area contributed by atoms with Gasteiger partial charge in [0.15, 0.2) is 23.8 Å². The molecule has 0 radical (unpaired) electrons. The van der Waals surface area contributed by atoms with Crippen LogP contribution in [0.3, 0.4) is 0 Å². The van der Waals surface area contributed by atoms with Crippen molar-refractivity contribution in [1.82, 2.24) is 19.1 Å². The number of carbonyl (C=O) groups is 4. The van der Waals surface area contributed by atoms with Crippen molar-refractivity contribution in [2.75, 3.05) is 13.2 Å². The highest BCUT2D eigenvalue weighted by Crippen LogP contribution is 2.32. The highest BCUT2D eigenvalue weighted by atomic mass is 16.6. The molecule has 2 aromatic heterocycles. The minimum atomic E-state index is -1.43. The van der Waals surface area contributed by atoms with E-state index < -0.39 is 85.9 Å². The number of hydrogen-bond donors (Lipinski definition) is 10. The van der Waals surface area contributed by atoms with E-state index in [9.17, 15) is 39.6 Å². The fourth-order valence-electron chi connectivity index (χ4n) is 4.18. The summed E-state index contributed by atoms with van der Waals surface area (Å²) in [7, 11) is 0. The fraction of sp³-hybridized carbons (Fsp3) is 0.500. The maximum absolute atomic E-state index is 11.4. The summed E-state index contributed by atoms with van der Waals surface area (Å²) < 4.78 is 12.4. The molecule has 2 aliphatic rings. The quantitative estimate of drug-likeness (QED) is 0.136. The number of ether oxygens (including phenoxy) is 2. The Morgan fingerprint density at radius 1 is 0.659 bits per heavy atom. The molecule has 8 atom stereocenters.